The van der Waals surface area contributed by atoms with E-state index in [1.807, 2.05) is 6.07 Å². The zero-order valence-electron chi connectivity index (χ0n) is 18.5. The molecule has 160 valence electrons. The van der Waals surface area contributed by atoms with Gasteiger partial charge >= 0.3 is 0 Å². The lowest BCUT2D eigenvalue weighted by Gasteiger charge is -2.40. The Morgan fingerprint density at radius 1 is 1.13 bits per heavy atom. The molecule has 1 unspecified atom stereocenters. The molecule has 2 fully saturated rings. The molecule has 1 aromatic heterocycles. The third-order valence-electron chi connectivity index (χ3n) is 6.79. The zero-order valence-corrected chi connectivity index (χ0v) is 18.5. The minimum Gasteiger partial charge on any atom is -0.356 e. The molecule has 2 saturated heterocycles. The molecule has 1 atom stereocenters. The van der Waals surface area contributed by atoms with Crippen LogP contribution in [0.25, 0.3) is 0 Å². The minimum absolute atomic E-state index is 0.0557. The largest absolute Gasteiger partial charge is 0.356 e. The number of carbonyl (C=O) groups is 1. The number of nitrogens with one attached hydrogen (secondary N) is 1. The van der Waals surface area contributed by atoms with E-state index in [0.717, 1.165) is 32.0 Å². The highest BCUT2D eigenvalue weighted by atomic mass is 16.1. The predicted molar refractivity (Wildman–Crippen MR) is 122 cm³/mol. The molecule has 4 rings (SSSR count). The molecule has 1 aromatic carbocycles. The Kier molecular flexibility index (Phi) is 6.09. The number of nitrogens with zero attached hydrogens (tertiary/aromatic N) is 3. The van der Waals surface area contributed by atoms with Crippen LogP contribution in [-0.2, 0) is 6.54 Å². The minimum atomic E-state index is -0.0557. The van der Waals surface area contributed by atoms with Crippen LogP contribution in [0.4, 0.5) is 5.82 Å². The van der Waals surface area contributed by atoms with Crippen LogP contribution in [0.5, 0.6) is 0 Å². The van der Waals surface area contributed by atoms with Crippen LogP contribution in [0, 0.1) is 5.41 Å². The van der Waals surface area contributed by atoms with E-state index in [-0.39, 0.29) is 5.91 Å². The fourth-order valence-electron chi connectivity index (χ4n) is 5.05. The lowest BCUT2D eigenvalue weighted by molar-refractivity contribution is 0.0963. The summed E-state index contributed by atoms with van der Waals surface area (Å²) in [4.78, 5) is 21.5. The molecule has 1 N–H and O–H groups in total. The second-order valence-electron chi connectivity index (χ2n) is 9.36. The third-order valence-corrected chi connectivity index (χ3v) is 6.79. The number of piperidine rings is 1. The number of benzene rings is 1. The van der Waals surface area contributed by atoms with Gasteiger partial charge in [-0.05, 0) is 55.0 Å². The molecule has 1 spiro atoms. The van der Waals surface area contributed by atoms with E-state index in [1.54, 1.807) is 19.3 Å². The van der Waals surface area contributed by atoms with Crippen molar-refractivity contribution >= 4 is 11.7 Å². The van der Waals surface area contributed by atoms with Crippen LogP contribution in [0.2, 0.25) is 0 Å². The summed E-state index contributed by atoms with van der Waals surface area (Å²) in [6, 6.07) is 12.9. The molecular formula is C25H34N4O. The van der Waals surface area contributed by atoms with Gasteiger partial charge in [-0.15, -0.1) is 0 Å². The van der Waals surface area contributed by atoms with Crippen molar-refractivity contribution in [2.45, 2.75) is 45.6 Å². The Bertz CT molecular complexity index is 879. The maximum atomic E-state index is 12.0. The first-order valence-corrected chi connectivity index (χ1v) is 11.2. The van der Waals surface area contributed by atoms with Crippen molar-refractivity contribution in [3.05, 3.63) is 59.3 Å². The second-order valence-corrected chi connectivity index (χ2v) is 9.36. The average Bonchev–Trinajstić information content (AvgIpc) is 3.16. The van der Waals surface area contributed by atoms with Gasteiger partial charge in [-0.2, -0.15) is 0 Å². The standard InChI is InChI=1S/C25H34N4O/c1-19(2)21-7-5-20(6-8-21)16-28-13-4-10-25(17-28)11-14-29(18-25)23-15-22(9-12-27-23)24(30)26-3/h5-9,12,15,19H,4,10-11,13-14,16-18H2,1-3H3,(H,26,30). The highest BCUT2D eigenvalue weighted by Gasteiger charge is 2.41. The Hall–Kier alpha value is -2.40. The van der Waals surface area contributed by atoms with Crippen molar-refractivity contribution < 1.29 is 4.79 Å². The maximum Gasteiger partial charge on any atom is 0.251 e. The van der Waals surface area contributed by atoms with Crippen molar-refractivity contribution in [1.82, 2.24) is 15.2 Å². The highest BCUT2D eigenvalue weighted by Crippen LogP contribution is 2.40. The number of pyridine rings is 1. The molecular weight excluding hydrogens is 372 g/mol. The van der Waals surface area contributed by atoms with Gasteiger partial charge in [-0.25, -0.2) is 4.98 Å². The summed E-state index contributed by atoms with van der Waals surface area (Å²) < 4.78 is 0. The van der Waals surface area contributed by atoms with Gasteiger partial charge in [0.15, 0.2) is 0 Å². The van der Waals surface area contributed by atoms with Crippen LogP contribution in [0.3, 0.4) is 0 Å². The third kappa shape index (κ3) is 4.51. The molecule has 0 saturated carbocycles. The lowest BCUT2D eigenvalue weighted by Crippen LogP contribution is -2.44. The highest BCUT2D eigenvalue weighted by molar-refractivity contribution is 5.94. The zero-order chi connectivity index (χ0) is 21.1. The van der Waals surface area contributed by atoms with Gasteiger partial charge < -0.3 is 10.2 Å². The molecule has 0 bridgehead atoms. The van der Waals surface area contributed by atoms with Crippen LogP contribution < -0.4 is 10.2 Å². The van der Waals surface area contributed by atoms with Crippen LogP contribution in [0.1, 0.15) is 60.5 Å². The first-order valence-electron chi connectivity index (χ1n) is 11.2. The second kappa shape index (κ2) is 8.76. The van der Waals surface area contributed by atoms with Gasteiger partial charge in [0.2, 0.25) is 0 Å². The number of carbonyl (C=O) groups excluding carboxylic acids is 1. The molecule has 1 amide bonds. The Morgan fingerprint density at radius 2 is 1.93 bits per heavy atom. The van der Waals surface area contributed by atoms with Gasteiger partial charge in [0, 0.05) is 50.4 Å². The number of anilines is 1. The smallest absolute Gasteiger partial charge is 0.251 e. The van der Waals surface area contributed by atoms with Crippen molar-refractivity contribution in [1.29, 1.82) is 0 Å². The topological polar surface area (TPSA) is 48.5 Å². The number of aromatic nitrogens is 1. The molecule has 5 heteroatoms. The van der Waals surface area contributed by atoms with Crippen LogP contribution in [-0.4, -0.2) is 49.0 Å². The van der Waals surface area contributed by atoms with Gasteiger partial charge in [0.25, 0.3) is 5.91 Å². The predicted octanol–water partition coefficient (Wildman–Crippen LogP) is 4.06. The Balaban J connectivity index is 1.41. The fraction of sp³-hybridized carbons (Fsp3) is 0.520. The van der Waals surface area contributed by atoms with Crippen molar-refractivity contribution in [2.75, 3.05) is 38.1 Å². The molecule has 2 aromatic rings. The normalized spacial score (nSPS) is 22.1. The molecule has 30 heavy (non-hydrogen) atoms. The van der Waals surface area contributed by atoms with Crippen molar-refractivity contribution in [2.24, 2.45) is 5.41 Å². The van der Waals surface area contributed by atoms with Gasteiger partial charge in [0.1, 0.15) is 5.82 Å². The van der Waals surface area contributed by atoms with E-state index >= 15 is 0 Å². The van der Waals surface area contributed by atoms with E-state index < -0.39 is 0 Å². The summed E-state index contributed by atoms with van der Waals surface area (Å²) >= 11 is 0. The van der Waals surface area contributed by atoms with Crippen LogP contribution in [0.15, 0.2) is 42.6 Å². The monoisotopic (exact) mass is 406 g/mol. The van der Waals surface area contributed by atoms with Crippen molar-refractivity contribution in [3.8, 4) is 0 Å². The van der Waals surface area contributed by atoms with E-state index in [9.17, 15) is 4.79 Å². The molecule has 0 radical (unpaired) electrons. The fourth-order valence-corrected chi connectivity index (χ4v) is 5.05. The summed E-state index contributed by atoms with van der Waals surface area (Å²) in [6.07, 6.45) is 5.48. The first-order chi connectivity index (χ1) is 14.5. The van der Waals surface area contributed by atoms with Gasteiger partial charge in [-0.1, -0.05) is 38.1 Å². The summed E-state index contributed by atoms with van der Waals surface area (Å²) in [5, 5.41) is 2.70. The molecule has 0 aliphatic carbocycles. The number of amides is 1. The SMILES string of the molecule is CNC(=O)c1ccnc(N2CCC3(CCCN(Cc4ccc(C(C)C)cc4)C3)C2)c1. The van der Waals surface area contributed by atoms with Crippen molar-refractivity contribution in [3.63, 3.8) is 0 Å². The first kappa shape index (κ1) is 20.9. The van der Waals surface area contributed by atoms with Gasteiger partial charge in [0.05, 0.1) is 0 Å². The molecule has 3 heterocycles. The van der Waals surface area contributed by atoms with E-state index in [2.05, 4.69) is 58.2 Å². The molecule has 2 aliphatic heterocycles. The summed E-state index contributed by atoms with van der Waals surface area (Å²) in [5.74, 6) is 1.45. The summed E-state index contributed by atoms with van der Waals surface area (Å²) in [5.41, 5.74) is 3.83. The number of hydrogen-bond acceptors (Lipinski definition) is 4. The Labute approximate surface area is 180 Å². The van der Waals surface area contributed by atoms with E-state index in [1.165, 1.54) is 36.9 Å². The maximum absolute atomic E-state index is 12.0. The van der Waals surface area contributed by atoms with Crippen LogP contribution >= 0.6 is 0 Å². The number of hydrogen-bond donors (Lipinski definition) is 1. The molecule has 5 nitrogen and oxygen atoms in total. The quantitative estimate of drug-likeness (QED) is 0.814. The molecule has 2 aliphatic rings. The Morgan fingerprint density at radius 3 is 2.67 bits per heavy atom. The lowest BCUT2D eigenvalue weighted by atomic mass is 9.79. The summed E-state index contributed by atoms with van der Waals surface area (Å²) in [7, 11) is 1.67. The number of rotatable bonds is 5. The number of likely N-dealkylation sites (tertiary alicyclic amines) is 1. The summed E-state index contributed by atoms with van der Waals surface area (Å²) in [6.45, 7) is 9.89. The average molecular weight is 407 g/mol. The van der Waals surface area contributed by atoms with E-state index in [4.69, 9.17) is 0 Å². The van der Waals surface area contributed by atoms with E-state index in [0.29, 0.717) is 16.9 Å². The van der Waals surface area contributed by atoms with Gasteiger partial charge in [-0.3, -0.25) is 9.69 Å².